The van der Waals surface area contributed by atoms with Gasteiger partial charge in [0.15, 0.2) is 0 Å². The smallest absolute Gasteiger partial charge is 0.239 e. The summed E-state index contributed by atoms with van der Waals surface area (Å²) in [6.07, 6.45) is 6.09. The van der Waals surface area contributed by atoms with E-state index < -0.39 is 0 Å². The molecule has 0 spiro atoms. The van der Waals surface area contributed by atoms with Crippen LogP contribution in [0.1, 0.15) is 46.0 Å². The van der Waals surface area contributed by atoms with Crippen LogP contribution >= 0.6 is 0 Å². The van der Waals surface area contributed by atoms with Gasteiger partial charge in [-0.1, -0.05) is 13.8 Å². The van der Waals surface area contributed by atoms with Crippen molar-refractivity contribution in [2.24, 2.45) is 17.3 Å². The minimum Gasteiger partial charge on any atom is -0.338 e. The van der Waals surface area contributed by atoms with Crippen LogP contribution in [0, 0.1) is 17.3 Å². The molecule has 3 nitrogen and oxygen atoms in total. The first-order chi connectivity index (χ1) is 8.52. The van der Waals surface area contributed by atoms with Crippen LogP contribution in [0.4, 0.5) is 0 Å². The Balaban J connectivity index is 1.81. The summed E-state index contributed by atoms with van der Waals surface area (Å²) in [5.41, 5.74) is 0.272. The average Bonchev–Trinajstić information content (AvgIpc) is 3.00. The number of hydrogen-bond acceptors (Lipinski definition) is 2. The monoisotopic (exact) mass is 250 g/mol. The van der Waals surface area contributed by atoms with Crippen LogP contribution in [-0.2, 0) is 4.79 Å². The fourth-order valence-electron chi connectivity index (χ4n) is 4.09. The number of amides is 1. The zero-order chi connectivity index (χ0) is 12.9. The predicted octanol–water partition coefficient (Wildman–Crippen LogP) is 2.02. The Morgan fingerprint density at radius 1 is 1.28 bits per heavy atom. The number of hydrogen-bond donors (Lipinski definition) is 1. The lowest BCUT2D eigenvalue weighted by molar-refractivity contribution is -0.136. The Morgan fingerprint density at radius 2 is 2.06 bits per heavy atom. The Morgan fingerprint density at radius 3 is 2.61 bits per heavy atom. The number of carbonyl (C=O) groups is 1. The van der Waals surface area contributed by atoms with Crippen molar-refractivity contribution in [1.29, 1.82) is 0 Å². The van der Waals surface area contributed by atoms with Crippen molar-refractivity contribution < 1.29 is 4.79 Å². The molecule has 1 N–H and O–H groups in total. The van der Waals surface area contributed by atoms with Gasteiger partial charge in [0.1, 0.15) is 0 Å². The van der Waals surface area contributed by atoms with Gasteiger partial charge in [0.2, 0.25) is 5.91 Å². The largest absolute Gasteiger partial charge is 0.338 e. The topological polar surface area (TPSA) is 32.3 Å². The summed E-state index contributed by atoms with van der Waals surface area (Å²) < 4.78 is 0. The van der Waals surface area contributed by atoms with Gasteiger partial charge < -0.3 is 10.2 Å². The van der Waals surface area contributed by atoms with Crippen LogP contribution in [0.15, 0.2) is 0 Å². The summed E-state index contributed by atoms with van der Waals surface area (Å²) in [5, 5.41) is 3.22. The van der Waals surface area contributed by atoms with E-state index >= 15 is 0 Å². The predicted molar refractivity (Wildman–Crippen MR) is 72.2 cm³/mol. The quantitative estimate of drug-likeness (QED) is 0.813. The number of likely N-dealkylation sites (N-methyl/N-ethyl adjacent to an activating group) is 1. The molecule has 3 fully saturated rings. The molecule has 1 saturated heterocycles. The number of likely N-dealkylation sites (tertiary alicyclic amines) is 1. The molecule has 1 heterocycles. The molecule has 0 aromatic carbocycles. The second-order valence-electron chi connectivity index (χ2n) is 7.31. The molecule has 0 radical (unpaired) electrons. The average molecular weight is 250 g/mol. The lowest BCUT2D eigenvalue weighted by atomic mass is 9.87. The van der Waals surface area contributed by atoms with Crippen molar-refractivity contribution in [1.82, 2.24) is 10.2 Å². The first-order valence-corrected chi connectivity index (χ1v) is 7.49. The van der Waals surface area contributed by atoms with Gasteiger partial charge in [-0.25, -0.2) is 0 Å². The van der Waals surface area contributed by atoms with Gasteiger partial charge in [0.25, 0.3) is 0 Å². The molecule has 3 heteroatoms. The first kappa shape index (κ1) is 12.5. The van der Waals surface area contributed by atoms with Crippen LogP contribution < -0.4 is 5.32 Å². The van der Waals surface area contributed by atoms with Gasteiger partial charge in [0.05, 0.1) is 6.04 Å². The maximum Gasteiger partial charge on any atom is 0.239 e. The molecule has 2 saturated carbocycles. The van der Waals surface area contributed by atoms with Crippen LogP contribution in [0.3, 0.4) is 0 Å². The molecule has 2 aliphatic carbocycles. The van der Waals surface area contributed by atoms with Crippen molar-refractivity contribution >= 4 is 5.91 Å². The fourth-order valence-corrected chi connectivity index (χ4v) is 4.09. The highest BCUT2D eigenvalue weighted by atomic mass is 16.2. The molecule has 0 bridgehead atoms. The van der Waals surface area contributed by atoms with E-state index in [9.17, 15) is 4.79 Å². The number of carbonyl (C=O) groups excluding carboxylic acids is 1. The van der Waals surface area contributed by atoms with Crippen molar-refractivity contribution in [3.63, 3.8) is 0 Å². The molecule has 18 heavy (non-hydrogen) atoms. The molecular formula is C15H26N2O. The Hall–Kier alpha value is -0.570. The van der Waals surface area contributed by atoms with Crippen molar-refractivity contribution in [2.75, 3.05) is 13.6 Å². The van der Waals surface area contributed by atoms with E-state index in [1.54, 1.807) is 0 Å². The number of fused-ring (bicyclic) bond motifs is 1. The molecule has 0 aromatic rings. The summed E-state index contributed by atoms with van der Waals surface area (Å²) in [7, 11) is 1.92. The van der Waals surface area contributed by atoms with Gasteiger partial charge in [-0.2, -0.15) is 0 Å². The maximum absolute atomic E-state index is 12.7. The van der Waals surface area contributed by atoms with Crippen LogP contribution in [0.2, 0.25) is 0 Å². The van der Waals surface area contributed by atoms with Gasteiger partial charge in [0, 0.05) is 12.6 Å². The van der Waals surface area contributed by atoms with E-state index in [0.717, 1.165) is 31.2 Å². The van der Waals surface area contributed by atoms with E-state index in [1.807, 2.05) is 7.05 Å². The van der Waals surface area contributed by atoms with E-state index in [2.05, 4.69) is 24.1 Å². The molecule has 4 unspecified atom stereocenters. The van der Waals surface area contributed by atoms with E-state index in [0.29, 0.717) is 11.9 Å². The highest BCUT2D eigenvalue weighted by Gasteiger charge is 2.52. The highest BCUT2D eigenvalue weighted by Crippen LogP contribution is 2.54. The van der Waals surface area contributed by atoms with Gasteiger partial charge >= 0.3 is 0 Å². The number of nitrogens with one attached hydrogen (secondary N) is 1. The zero-order valence-corrected chi connectivity index (χ0v) is 11.9. The van der Waals surface area contributed by atoms with Crippen LogP contribution in [-0.4, -0.2) is 36.5 Å². The Labute approximate surface area is 110 Å². The van der Waals surface area contributed by atoms with E-state index in [4.69, 9.17) is 0 Å². The summed E-state index contributed by atoms with van der Waals surface area (Å²) >= 11 is 0. The van der Waals surface area contributed by atoms with Gasteiger partial charge in [-0.05, 0) is 56.4 Å². The summed E-state index contributed by atoms with van der Waals surface area (Å²) in [5.74, 6) is 2.14. The summed E-state index contributed by atoms with van der Waals surface area (Å²) in [6.45, 7) is 5.58. The van der Waals surface area contributed by atoms with Crippen molar-refractivity contribution in [3.05, 3.63) is 0 Å². The molecular weight excluding hydrogens is 224 g/mol. The molecule has 4 atom stereocenters. The normalized spacial score (nSPS) is 42.6. The van der Waals surface area contributed by atoms with Gasteiger partial charge in [-0.15, -0.1) is 0 Å². The molecule has 3 rings (SSSR count). The van der Waals surface area contributed by atoms with Crippen LogP contribution in [0.5, 0.6) is 0 Å². The second kappa shape index (κ2) is 4.22. The van der Waals surface area contributed by atoms with E-state index in [1.165, 1.54) is 19.3 Å². The molecule has 0 aromatic heterocycles. The second-order valence-corrected chi connectivity index (χ2v) is 7.31. The summed E-state index contributed by atoms with van der Waals surface area (Å²) in [6, 6.07) is 0.597. The number of nitrogens with zero attached hydrogens (tertiary/aromatic N) is 1. The lowest BCUT2D eigenvalue weighted by Crippen LogP contribution is -2.50. The lowest BCUT2D eigenvalue weighted by Gasteiger charge is -2.35. The van der Waals surface area contributed by atoms with Crippen LogP contribution in [0.25, 0.3) is 0 Å². The fraction of sp³-hybridized carbons (Fsp3) is 0.933. The SMILES string of the molecule is CNC1CCC(C)(C)CN(C2CCC3CC32)C1=O. The highest BCUT2D eigenvalue weighted by molar-refractivity contribution is 5.82. The third kappa shape index (κ3) is 2.07. The van der Waals surface area contributed by atoms with Gasteiger partial charge in [-0.3, -0.25) is 4.79 Å². The molecule has 1 aliphatic heterocycles. The van der Waals surface area contributed by atoms with Crippen molar-refractivity contribution in [2.45, 2.75) is 58.0 Å². The molecule has 1 amide bonds. The summed E-state index contributed by atoms with van der Waals surface area (Å²) in [4.78, 5) is 14.9. The molecule has 3 aliphatic rings. The number of rotatable bonds is 2. The minimum absolute atomic E-state index is 0.0459. The Bertz CT molecular complexity index is 352. The standard InChI is InChI=1S/C15H26N2O/c1-15(2)7-6-12(16-3)14(18)17(9-15)13-5-4-10-8-11(10)13/h10-13,16H,4-9H2,1-3H3. The van der Waals surface area contributed by atoms with E-state index in [-0.39, 0.29) is 11.5 Å². The zero-order valence-electron chi connectivity index (χ0n) is 11.9. The minimum atomic E-state index is 0.0459. The first-order valence-electron chi connectivity index (χ1n) is 7.49. The Kier molecular flexibility index (Phi) is 2.92. The maximum atomic E-state index is 12.7. The third-order valence-electron chi connectivity index (χ3n) is 5.34. The molecule has 102 valence electrons. The third-order valence-corrected chi connectivity index (χ3v) is 5.34. The van der Waals surface area contributed by atoms with Crippen molar-refractivity contribution in [3.8, 4) is 0 Å².